The van der Waals surface area contributed by atoms with Gasteiger partial charge in [-0.2, -0.15) is 0 Å². The molecule has 88 valence electrons. The molecule has 0 fully saturated rings. The number of esters is 1. The van der Waals surface area contributed by atoms with Gasteiger partial charge in [0.05, 0.1) is 6.10 Å². The molecule has 3 heteroatoms. The first-order valence-corrected chi connectivity index (χ1v) is 5.60. The number of hydrogen-bond acceptors (Lipinski definition) is 3. The predicted octanol–water partition coefficient (Wildman–Crippen LogP) is 2.44. The lowest BCUT2D eigenvalue weighted by atomic mass is 10.2. The molecular weight excluding hydrogens is 192 g/mol. The second-order valence-electron chi connectivity index (χ2n) is 3.73. The molecule has 0 saturated heterocycles. The quantitative estimate of drug-likeness (QED) is 0.523. The monoisotopic (exact) mass is 214 g/mol. The van der Waals surface area contributed by atoms with Crippen LogP contribution < -0.4 is 0 Å². The summed E-state index contributed by atoms with van der Waals surface area (Å²) < 4.78 is 5.00. The van der Waals surface area contributed by atoms with Crippen molar-refractivity contribution in [1.82, 2.24) is 0 Å². The van der Waals surface area contributed by atoms with E-state index < -0.39 is 12.2 Å². The van der Waals surface area contributed by atoms with Gasteiger partial charge in [-0.15, -0.1) is 0 Å². The van der Waals surface area contributed by atoms with E-state index in [-0.39, 0.29) is 5.97 Å². The molecule has 15 heavy (non-hydrogen) atoms. The van der Waals surface area contributed by atoms with Crippen molar-refractivity contribution in [3.05, 3.63) is 12.2 Å². The molecule has 0 aromatic carbocycles. The first-order valence-electron chi connectivity index (χ1n) is 5.60. The number of ether oxygens (including phenoxy) is 1. The van der Waals surface area contributed by atoms with Crippen molar-refractivity contribution in [3.63, 3.8) is 0 Å². The summed E-state index contributed by atoms with van der Waals surface area (Å²) in [6.07, 6.45) is 6.33. The highest BCUT2D eigenvalue weighted by Crippen LogP contribution is 2.02. The van der Waals surface area contributed by atoms with E-state index in [1.165, 1.54) is 0 Å². The van der Waals surface area contributed by atoms with Gasteiger partial charge in [0.1, 0.15) is 6.10 Å². The highest BCUT2D eigenvalue weighted by atomic mass is 16.6. The molecule has 0 aromatic heterocycles. The third-order valence-corrected chi connectivity index (χ3v) is 2.13. The molecule has 0 aliphatic heterocycles. The van der Waals surface area contributed by atoms with Gasteiger partial charge in [0.15, 0.2) is 0 Å². The summed E-state index contributed by atoms with van der Waals surface area (Å²) in [4.78, 5) is 11.2. The zero-order valence-corrected chi connectivity index (χ0v) is 9.90. The van der Waals surface area contributed by atoms with E-state index >= 15 is 0 Å². The summed E-state index contributed by atoms with van der Waals surface area (Å²) in [6.45, 7) is 5.41. The molecule has 0 bridgehead atoms. The number of aliphatic hydroxyl groups excluding tert-OH is 1. The van der Waals surface area contributed by atoms with Gasteiger partial charge < -0.3 is 9.84 Å². The van der Waals surface area contributed by atoms with Crippen molar-refractivity contribution in [2.75, 3.05) is 0 Å². The maximum Gasteiger partial charge on any atom is 0.306 e. The fourth-order valence-electron chi connectivity index (χ4n) is 0.968. The molecule has 2 atom stereocenters. The van der Waals surface area contributed by atoms with Crippen LogP contribution in [0.5, 0.6) is 0 Å². The van der Waals surface area contributed by atoms with Gasteiger partial charge in [-0.3, -0.25) is 4.79 Å². The van der Waals surface area contributed by atoms with Gasteiger partial charge in [0.2, 0.25) is 0 Å². The van der Waals surface area contributed by atoms with Crippen molar-refractivity contribution in [2.24, 2.45) is 0 Å². The number of unbranched alkanes of at least 4 members (excludes halogenated alkanes) is 1. The molecule has 3 nitrogen and oxygen atoms in total. The molecule has 0 aromatic rings. The molecule has 0 aliphatic rings. The molecule has 0 radical (unpaired) electrons. The highest BCUT2D eigenvalue weighted by molar-refractivity contribution is 5.69. The van der Waals surface area contributed by atoms with Gasteiger partial charge in [-0.25, -0.2) is 0 Å². The molecule has 0 saturated carbocycles. The molecule has 0 spiro atoms. The normalized spacial score (nSPS) is 15.2. The topological polar surface area (TPSA) is 46.5 Å². The SMILES string of the molecule is CCC/C=C\CCC(=O)OC(C)C(C)O. The lowest BCUT2D eigenvalue weighted by Crippen LogP contribution is -2.25. The Morgan fingerprint density at radius 1 is 1.33 bits per heavy atom. The Balaban J connectivity index is 3.57. The van der Waals surface area contributed by atoms with Crippen LogP contribution in [0, 0.1) is 0 Å². The van der Waals surface area contributed by atoms with Crippen LogP contribution in [-0.4, -0.2) is 23.3 Å². The summed E-state index contributed by atoms with van der Waals surface area (Å²) in [5.41, 5.74) is 0. The minimum Gasteiger partial charge on any atom is -0.460 e. The Kier molecular flexibility index (Phi) is 8.01. The minimum atomic E-state index is -0.607. The van der Waals surface area contributed by atoms with E-state index in [4.69, 9.17) is 9.84 Å². The summed E-state index contributed by atoms with van der Waals surface area (Å²) in [7, 11) is 0. The first kappa shape index (κ1) is 14.2. The van der Waals surface area contributed by atoms with Crippen LogP contribution in [0.15, 0.2) is 12.2 Å². The fraction of sp³-hybridized carbons (Fsp3) is 0.750. The highest BCUT2D eigenvalue weighted by Gasteiger charge is 2.13. The lowest BCUT2D eigenvalue weighted by molar-refractivity contribution is -0.152. The summed E-state index contributed by atoms with van der Waals surface area (Å²) in [5.74, 6) is -0.246. The van der Waals surface area contributed by atoms with Crippen LogP contribution in [0.4, 0.5) is 0 Å². The predicted molar refractivity (Wildman–Crippen MR) is 60.5 cm³/mol. The zero-order chi connectivity index (χ0) is 11.7. The summed E-state index contributed by atoms with van der Waals surface area (Å²) >= 11 is 0. The fourth-order valence-corrected chi connectivity index (χ4v) is 0.968. The lowest BCUT2D eigenvalue weighted by Gasteiger charge is -2.15. The number of carbonyl (C=O) groups excluding carboxylic acids is 1. The Morgan fingerprint density at radius 3 is 2.47 bits per heavy atom. The number of allylic oxidation sites excluding steroid dienone is 2. The van der Waals surface area contributed by atoms with Crippen LogP contribution in [0.1, 0.15) is 46.5 Å². The average Bonchev–Trinajstić information content (AvgIpc) is 2.17. The molecule has 0 amide bonds. The second-order valence-corrected chi connectivity index (χ2v) is 3.73. The van der Waals surface area contributed by atoms with Crippen LogP contribution in [-0.2, 0) is 9.53 Å². The van der Waals surface area contributed by atoms with Crippen LogP contribution in [0.25, 0.3) is 0 Å². The standard InChI is InChI=1S/C12H22O3/c1-4-5-6-7-8-9-12(14)15-11(3)10(2)13/h6-7,10-11,13H,4-5,8-9H2,1-3H3/b7-6-. The third-order valence-electron chi connectivity index (χ3n) is 2.13. The first-order chi connectivity index (χ1) is 7.07. The van der Waals surface area contributed by atoms with E-state index in [2.05, 4.69) is 13.0 Å². The maximum absolute atomic E-state index is 11.2. The Morgan fingerprint density at radius 2 is 1.93 bits per heavy atom. The van der Waals surface area contributed by atoms with Crippen molar-refractivity contribution in [1.29, 1.82) is 0 Å². The summed E-state index contributed by atoms with van der Waals surface area (Å²) in [5, 5.41) is 9.12. The van der Waals surface area contributed by atoms with Gasteiger partial charge in [-0.05, 0) is 26.7 Å². The molecule has 1 N–H and O–H groups in total. The minimum absolute atomic E-state index is 0.246. The molecule has 0 aliphatic carbocycles. The maximum atomic E-state index is 11.2. The largest absolute Gasteiger partial charge is 0.460 e. The van der Waals surface area contributed by atoms with E-state index in [9.17, 15) is 4.79 Å². The van der Waals surface area contributed by atoms with Crippen molar-refractivity contribution < 1.29 is 14.6 Å². The van der Waals surface area contributed by atoms with Gasteiger partial charge in [0, 0.05) is 6.42 Å². The molecule has 0 rings (SSSR count). The van der Waals surface area contributed by atoms with Crippen molar-refractivity contribution >= 4 is 5.97 Å². The zero-order valence-electron chi connectivity index (χ0n) is 9.90. The number of aliphatic hydroxyl groups is 1. The van der Waals surface area contributed by atoms with Crippen LogP contribution >= 0.6 is 0 Å². The van der Waals surface area contributed by atoms with Crippen LogP contribution in [0.2, 0.25) is 0 Å². The van der Waals surface area contributed by atoms with Crippen molar-refractivity contribution in [2.45, 2.75) is 58.7 Å². The number of carbonyl (C=O) groups is 1. The Bertz CT molecular complexity index is 197. The molecular formula is C12H22O3. The van der Waals surface area contributed by atoms with Gasteiger partial charge in [0.25, 0.3) is 0 Å². The molecule has 0 heterocycles. The second kappa shape index (κ2) is 8.48. The van der Waals surface area contributed by atoms with Crippen molar-refractivity contribution in [3.8, 4) is 0 Å². The van der Waals surface area contributed by atoms with E-state index in [1.807, 2.05) is 6.08 Å². The Labute approximate surface area is 92.1 Å². The number of rotatable bonds is 7. The van der Waals surface area contributed by atoms with E-state index in [1.54, 1.807) is 13.8 Å². The van der Waals surface area contributed by atoms with E-state index in [0.29, 0.717) is 12.8 Å². The average molecular weight is 214 g/mol. The Hall–Kier alpha value is -0.830. The molecule has 2 unspecified atom stereocenters. The van der Waals surface area contributed by atoms with Gasteiger partial charge in [-0.1, -0.05) is 25.5 Å². The van der Waals surface area contributed by atoms with Gasteiger partial charge >= 0.3 is 5.97 Å². The summed E-state index contributed by atoms with van der Waals surface area (Å²) in [6, 6.07) is 0. The smallest absolute Gasteiger partial charge is 0.306 e. The number of hydrogen-bond donors (Lipinski definition) is 1. The third kappa shape index (κ3) is 8.18. The van der Waals surface area contributed by atoms with E-state index in [0.717, 1.165) is 12.8 Å². The van der Waals surface area contributed by atoms with Crippen LogP contribution in [0.3, 0.4) is 0 Å².